The summed E-state index contributed by atoms with van der Waals surface area (Å²) in [5.74, 6) is 0.227. The van der Waals surface area contributed by atoms with E-state index in [9.17, 15) is 14.7 Å². The van der Waals surface area contributed by atoms with Crippen LogP contribution >= 0.6 is 0 Å². The summed E-state index contributed by atoms with van der Waals surface area (Å²) >= 11 is 0. The van der Waals surface area contributed by atoms with Crippen LogP contribution in [0, 0.1) is 11.3 Å². The molecule has 1 heterocycles. The van der Waals surface area contributed by atoms with E-state index in [1.54, 1.807) is 0 Å². The van der Waals surface area contributed by atoms with E-state index in [4.69, 9.17) is 4.74 Å². The van der Waals surface area contributed by atoms with Crippen LogP contribution in [0.1, 0.15) is 59.3 Å². The average molecular weight is 295 g/mol. The minimum Gasteiger partial charge on any atom is -0.443 e. The van der Waals surface area contributed by atoms with Crippen molar-refractivity contribution in [2.45, 2.75) is 77.0 Å². The number of hydrogen-bond acceptors (Lipinski definition) is 4. The van der Waals surface area contributed by atoms with Gasteiger partial charge in [-0.2, -0.15) is 0 Å². The molecule has 5 nitrogen and oxygen atoms in total. The quantitative estimate of drug-likeness (QED) is 0.865. The molecule has 4 atom stereocenters. The van der Waals surface area contributed by atoms with Crippen LogP contribution in [0.2, 0.25) is 0 Å². The molecule has 5 heteroatoms. The number of imide groups is 1. The first kappa shape index (κ1) is 14.8. The van der Waals surface area contributed by atoms with Gasteiger partial charge in [-0.05, 0) is 37.0 Å². The molecule has 2 aliphatic carbocycles. The number of aliphatic hydroxyl groups is 1. The third-order valence-electron chi connectivity index (χ3n) is 6.15. The Morgan fingerprint density at radius 2 is 2.24 bits per heavy atom. The molecule has 1 saturated heterocycles. The predicted molar refractivity (Wildman–Crippen MR) is 76.5 cm³/mol. The highest BCUT2D eigenvalue weighted by molar-refractivity contribution is 5.95. The number of aliphatic hydroxyl groups excluding tert-OH is 1. The minimum absolute atomic E-state index is 0.0121. The molecule has 2 saturated carbocycles. The summed E-state index contributed by atoms with van der Waals surface area (Å²) in [5.41, 5.74) is -0.590. The van der Waals surface area contributed by atoms with Gasteiger partial charge >= 0.3 is 6.09 Å². The Bertz CT molecular complexity index is 475. The van der Waals surface area contributed by atoms with Crippen LogP contribution in [0.15, 0.2) is 0 Å². The molecule has 2 amide bonds. The first-order chi connectivity index (χ1) is 9.84. The average Bonchev–Trinajstić information content (AvgIpc) is 2.89. The fourth-order valence-corrected chi connectivity index (χ4v) is 4.95. The molecule has 2 bridgehead atoms. The number of carbonyl (C=O) groups is 2. The summed E-state index contributed by atoms with van der Waals surface area (Å²) < 4.78 is 5.51. The zero-order valence-electron chi connectivity index (χ0n) is 13.1. The van der Waals surface area contributed by atoms with Crippen molar-refractivity contribution in [1.82, 2.24) is 4.90 Å². The van der Waals surface area contributed by atoms with Gasteiger partial charge in [0.1, 0.15) is 6.10 Å². The summed E-state index contributed by atoms with van der Waals surface area (Å²) in [4.78, 5) is 26.2. The Balaban J connectivity index is 1.87. The lowest BCUT2D eigenvalue weighted by atomic mass is 9.74. The molecular formula is C16H25NO4. The van der Waals surface area contributed by atoms with Crippen molar-refractivity contribution in [1.29, 1.82) is 0 Å². The van der Waals surface area contributed by atoms with Gasteiger partial charge in [-0.3, -0.25) is 4.79 Å². The second kappa shape index (κ2) is 4.70. The Kier molecular flexibility index (Phi) is 3.32. The molecule has 3 aliphatic rings. The summed E-state index contributed by atoms with van der Waals surface area (Å²) in [6.45, 7) is 6.26. The van der Waals surface area contributed by atoms with Crippen LogP contribution in [-0.4, -0.2) is 39.8 Å². The van der Waals surface area contributed by atoms with Crippen molar-refractivity contribution in [3.05, 3.63) is 0 Å². The molecule has 3 fully saturated rings. The van der Waals surface area contributed by atoms with Crippen molar-refractivity contribution in [3.63, 3.8) is 0 Å². The van der Waals surface area contributed by atoms with Gasteiger partial charge in [0.2, 0.25) is 5.91 Å². The topological polar surface area (TPSA) is 66.8 Å². The second-order valence-electron chi connectivity index (χ2n) is 7.37. The fourth-order valence-electron chi connectivity index (χ4n) is 4.95. The summed E-state index contributed by atoms with van der Waals surface area (Å²) in [7, 11) is 0. The van der Waals surface area contributed by atoms with Crippen LogP contribution in [-0.2, 0) is 9.53 Å². The molecule has 0 aromatic rings. The van der Waals surface area contributed by atoms with Crippen molar-refractivity contribution in [2.75, 3.05) is 0 Å². The SMILES string of the molecule is CCC[C@@H](O)CC(=O)N1C(=O)O[C@@H]2C[C@H]3CC[C@]21C3(C)C. The zero-order chi connectivity index (χ0) is 15.4. The first-order valence-corrected chi connectivity index (χ1v) is 8.06. The number of fused-ring (bicyclic) bond motifs is 1. The lowest BCUT2D eigenvalue weighted by molar-refractivity contribution is -0.136. The molecule has 1 spiro atoms. The highest BCUT2D eigenvalue weighted by atomic mass is 16.6. The normalized spacial score (nSPS) is 37.5. The lowest BCUT2D eigenvalue weighted by Gasteiger charge is -2.41. The highest BCUT2D eigenvalue weighted by Gasteiger charge is 2.73. The Hall–Kier alpha value is -1.10. The van der Waals surface area contributed by atoms with Gasteiger partial charge in [-0.1, -0.05) is 27.2 Å². The smallest absolute Gasteiger partial charge is 0.417 e. The third kappa shape index (κ3) is 1.79. The molecule has 118 valence electrons. The molecule has 3 rings (SSSR count). The standard InChI is InChI=1S/C16H25NO4/c1-4-5-11(18)9-13(19)17-14(20)21-12-8-10-6-7-16(12,17)15(10,2)3/h10-12,18H,4-9H2,1-3H3/t10-,11-,12-,16-/m1/s1. The Labute approximate surface area is 125 Å². The van der Waals surface area contributed by atoms with Gasteiger partial charge in [-0.25, -0.2) is 9.69 Å². The summed E-state index contributed by atoms with van der Waals surface area (Å²) in [6.07, 6.45) is 2.80. The molecule has 21 heavy (non-hydrogen) atoms. The minimum atomic E-state index is -0.674. The maximum absolute atomic E-state index is 12.6. The Morgan fingerprint density at radius 3 is 2.86 bits per heavy atom. The van der Waals surface area contributed by atoms with Gasteiger partial charge in [0.25, 0.3) is 0 Å². The van der Waals surface area contributed by atoms with Gasteiger partial charge in [0, 0.05) is 0 Å². The third-order valence-corrected chi connectivity index (χ3v) is 6.15. The highest BCUT2D eigenvalue weighted by Crippen LogP contribution is 2.65. The fraction of sp³-hybridized carbons (Fsp3) is 0.875. The van der Waals surface area contributed by atoms with Crippen LogP contribution < -0.4 is 0 Å². The molecule has 0 aromatic heterocycles. The molecule has 0 aromatic carbocycles. The number of hydrogen-bond donors (Lipinski definition) is 1. The number of amides is 2. The summed E-state index contributed by atoms with van der Waals surface area (Å²) in [6, 6.07) is 0. The Morgan fingerprint density at radius 1 is 1.52 bits per heavy atom. The van der Waals surface area contributed by atoms with Crippen LogP contribution in [0.3, 0.4) is 0 Å². The van der Waals surface area contributed by atoms with Crippen LogP contribution in [0.5, 0.6) is 0 Å². The van der Waals surface area contributed by atoms with Crippen molar-refractivity contribution in [2.24, 2.45) is 11.3 Å². The van der Waals surface area contributed by atoms with E-state index in [0.717, 1.165) is 25.7 Å². The van der Waals surface area contributed by atoms with E-state index in [2.05, 4.69) is 13.8 Å². The van der Waals surface area contributed by atoms with Crippen molar-refractivity contribution in [3.8, 4) is 0 Å². The molecule has 0 unspecified atom stereocenters. The molecule has 1 N–H and O–H groups in total. The maximum atomic E-state index is 12.6. The zero-order valence-corrected chi connectivity index (χ0v) is 13.1. The second-order valence-corrected chi connectivity index (χ2v) is 7.37. The molecule has 1 aliphatic heterocycles. The van der Waals surface area contributed by atoms with Crippen LogP contribution in [0.25, 0.3) is 0 Å². The van der Waals surface area contributed by atoms with E-state index in [1.165, 1.54) is 4.90 Å². The van der Waals surface area contributed by atoms with Gasteiger partial charge in [0.05, 0.1) is 18.1 Å². The summed E-state index contributed by atoms with van der Waals surface area (Å²) in [5, 5.41) is 9.90. The van der Waals surface area contributed by atoms with Gasteiger partial charge in [0.15, 0.2) is 0 Å². The van der Waals surface area contributed by atoms with Crippen LogP contribution in [0.4, 0.5) is 4.79 Å². The van der Waals surface area contributed by atoms with E-state index < -0.39 is 17.7 Å². The number of rotatable bonds is 4. The van der Waals surface area contributed by atoms with Crippen molar-refractivity contribution < 1.29 is 19.4 Å². The maximum Gasteiger partial charge on any atom is 0.417 e. The lowest BCUT2D eigenvalue weighted by Crippen LogP contribution is -2.57. The number of carbonyl (C=O) groups excluding carboxylic acids is 2. The van der Waals surface area contributed by atoms with Gasteiger partial charge < -0.3 is 9.84 Å². The largest absolute Gasteiger partial charge is 0.443 e. The molecule has 0 radical (unpaired) electrons. The molecular weight excluding hydrogens is 270 g/mol. The number of ether oxygens (including phenoxy) is 1. The van der Waals surface area contributed by atoms with E-state index in [0.29, 0.717) is 12.3 Å². The monoisotopic (exact) mass is 295 g/mol. The van der Waals surface area contributed by atoms with E-state index >= 15 is 0 Å². The van der Waals surface area contributed by atoms with Gasteiger partial charge in [-0.15, -0.1) is 0 Å². The van der Waals surface area contributed by atoms with Crippen molar-refractivity contribution >= 4 is 12.0 Å². The van der Waals surface area contributed by atoms with E-state index in [1.807, 2.05) is 6.92 Å². The predicted octanol–water partition coefficient (Wildman–Crippen LogP) is 2.46. The first-order valence-electron chi connectivity index (χ1n) is 8.06. The van der Waals surface area contributed by atoms with E-state index in [-0.39, 0.29) is 23.8 Å². The number of nitrogens with zero attached hydrogens (tertiary/aromatic N) is 1.